The number of aliphatic hydroxyl groups is 2. The molecular formula is C9H11FN2O4. The molecular weight excluding hydrogens is 219 g/mol. The zero-order valence-electron chi connectivity index (χ0n) is 8.26. The summed E-state index contributed by atoms with van der Waals surface area (Å²) < 4.78 is 13.1. The average molecular weight is 230 g/mol. The van der Waals surface area contributed by atoms with Gasteiger partial charge in [0.15, 0.2) is 0 Å². The molecule has 0 radical (unpaired) electrons. The Kier molecular flexibility index (Phi) is 4.15. The van der Waals surface area contributed by atoms with Crippen molar-refractivity contribution in [1.29, 1.82) is 0 Å². The van der Waals surface area contributed by atoms with Gasteiger partial charge in [-0.3, -0.25) is 10.1 Å². The van der Waals surface area contributed by atoms with Crippen molar-refractivity contribution in [3.8, 4) is 0 Å². The Morgan fingerprint density at radius 1 is 1.56 bits per heavy atom. The van der Waals surface area contributed by atoms with E-state index in [2.05, 4.69) is 5.32 Å². The Morgan fingerprint density at radius 3 is 2.75 bits per heavy atom. The second kappa shape index (κ2) is 5.38. The van der Waals surface area contributed by atoms with Crippen molar-refractivity contribution in [1.82, 2.24) is 0 Å². The molecule has 1 rings (SSSR count). The smallest absolute Gasteiger partial charge is 0.304 e. The number of nitrogens with zero attached hydrogens (tertiary/aromatic N) is 1. The van der Waals surface area contributed by atoms with Gasteiger partial charge < -0.3 is 15.5 Å². The van der Waals surface area contributed by atoms with Crippen LogP contribution >= 0.6 is 0 Å². The molecule has 1 aromatic rings. The van der Waals surface area contributed by atoms with E-state index in [1.54, 1.807) is 0 Å². The summed E-state index contributed by atoms with van der Waals surface area (Å²) in [6.45, 7) is -0.379. The van der Waals surface area contributed by atoms with Crippen molar-refractivity contribution in [2.75, 3.05) is 18.5 Å². The first-order chi connectivity index (χ1) is 7.54. The van der Waals surface area contributed by atoms with Gasteiger partial charge in [0, 0.05) is 24.4 Å². The minimum Gasteiger partial charge on any atom is -0.394 e. The normalized spacial score (nSPS) is 12.2. The summed E-state index contributed by atoms with van der Waals surface area (Å²) in [5.74, 6) is -0.950. The summed E-state index contributed by atoms with van der Waals surface area (Å²) in [6, 6.07) is 3.32. The van der Waals surface area contributed by atoms with Gasteiger partial charge in [-0.2, -0.15) is 4.39 Å². The predicted octanol–water partition coefficient (Wildman–Crippen LogP) is 0.499. The highest BCUT2D eigenvalue weighted by atomic mass is 19.1. The zero-order chi connectivity index (χ0) is 12.1. The summed E-state index contributed by atoms with van der Waals surface area (Å²) in [6.07, 6.45) is -0.960. The number of aliphatic hydroxyl groups excluding tert-OH is 2. The van der Waals surface area contributed by atoms with Gasteiger partial charge >= 0.3 is 5.69 Å². The van der Waals surface area contributed by atoms with Crippen LogP contribution in [0, 0.1) is 15.9 Å². The topological polar surface area (TPSA) is 95.6 Å². The largest absolute Gasteiger partial charge is 0.394 e. The molecule has 1 aromatic carbocycles. The number of hydrogen-bond donors (Lipinski definition) is 3. The van der Waals surface area contributed by atoms with Crippen LogP contribution < -0.4 is 5.32 Å². The van der Waals surface area contributed by atoms with Gasteiger partial charge in [-0.25, -0.2) is 0 Å². The van der Waals surface area contributed by atoms with E-state index < -0.39 is 29.1 Å². The molecule has 0 heterocycles. The molecule has 0 saturated heterocycles. The lowest BCUT2D eigenvalue weighted by Gasteiger charge is -2.09. The molecule has 0 fully saturated rings. The predicted molar refractivity (Wildman–Crippen MR) is 54.6 cm³/mol. The quantitative estimate of drug-likeness (QED) is 0.505. The fourth-order valence-corrected chi connectivity index (χ4v) is 1.07. The van der Waals surface area contributed by atoms with Crippen molar-refractivity contribution in [3.05, 3.63) is 34.1 Å². The second-order valence-corrected chi connectivity index (χ2v) is 3.14. The standard InChI is InChI=1S/C9H11FN2O4/c10-8-3-6(11-4-7(14)5-13)1-2-9(8)12(15)16/h1-3,7,11,13-14H,4-5H2. The van der Waals surface area contributed by atoms with Gasteiger partial charge in [-0.1, -0.05) is 0 Å². The molecule has 0 aliphatic heterocycles. The van der Waals surface area contributed by atoms with Crippen LogP contribution in [0.25, 0.3) is 0 Å². The van der Waals surface area contributed by atoms with Gasteiger partial charge in [-0.15, -0.1) is 0 Å². The molecule has 7 heteroatoms. The summed E-state index contributed by atoms with van der Waals surface area (Å²) in [7, 11) is 0. The van der Waals surface area contributed by atoms with E-state index in [4.69, 9.17) is 10.2 Å². The Balaban J connectivity index is 2.70. The third kappa shape index (κ3) is 3.14. The monoisotopic (exact) mass is 230 g/mol. The molecule has 0 aliphatic rings. The van der Waals surface area contributed by atoms with Crippen molar-refractivity contribution in [2.24, 2.45) is 0 Å². The van der Waals surface area contributed by atoms with Crippen LogP contribution in [-0.4, -0.2) is 34.4 Å². The van der Waals surface area contributed by atoms with Crippen LogP contribution in [0.2, 0.25) is 0 Å². The number of rotatable bonds is 5. The SMILES string of the molecule is O=[N+]([O-])c1ccc(NCC(O)CO)cc1F. The van der Waals surface area contributed by atoms with E-state index in [0.717, 1.165) is 12.1 Å². The van der Waals surface area contributed by atoms with Gasteiger partial charge in [0.2, 0.25) is 5.82 Å². The summed E-state index contributed by atoms with van der Waals surface area (Å²) >= 11 is 0. The van der Waals surface area contributed by atoms with Crippen LogP contribution in [0.5, 0.6) is 0 Å². The van der Waals surface area contributed by atoms with E-state index in [-0.39, 0.29) is 6.54 Å². The van der Waals surface area contributed by atoms with Crippen molar-refractivity contribution in [2.45, 2.75) is 6.10 Å². The summed E-state index contributed by atoms with van der Waals surface area (Å²) in [5.41, 5.74) is -0.302. The summed E-state index contributed by atoms with van der Waals surface area (Å²) in [4.78, 5) is 9.50. The molecule has 1 unspecified atom stereocenters. The Labute approximate surface area is 90.5 Å². The maximum atomic E-state index is 13.1. The minimum atomic E-state index is -0.960. The number of hydrogen-bond acceptors (Lipinski definition) is 5. The van der Waals surface area contributed by atoms with E-state index >= 15 is 0 Å². The lowest BCUT2D eigenvalue weighted by Crippen LogP contribution is -2.22. The number of nitro benzene ring substituents is 1. The van der Waals surface area contributed by atoms with E-state index in [9.17, 15) is 14.5 Å². The molecule has 0 spiro atoms. The zero-order valence-corrected chi connectivity index (χ0v) is 8.26. The Morgan fingerprint density at radius 2 is 2.25 bits per heavy atom. The van der Waals surface area contributed by atoms with E-state index in [1.165, 1.54) is 6.07 Å². The number of nitro groups is 1. The third-order valence-electron chi connectivity index (χ3n) is 1.90. The molecule has 88 valence electrons. The highest BCUT2D eigenvalue weighted by Gasteiger charge is 2.13. The first-order valence-corrected chi connectivity index (χ1v) is 4.51. The average Bonchev–Trinajstić information content (AvgIpc) is 2.25. The van der Waals surface area contributed by atoms with Crippen molar-refractivity contribution >= 4 is 11.4 Å². The molecule has 0 aliphatic carbocycles. The molecule has 3 N–H and O–H groups in total. The first kappa shape index (κ1) is 12.3. The van der Waals surface area contributed by atoms with Gasteiger partial charge in [-0.05, 0) is 6.07 Å². The van der Waals surface area contributed by atoms with E-state index in [1.807, 2.05) is 0 Å². The highest BCUT2D eigenvalue weighted by molar-refractivity contribution is 5.49. The molecule has 0 aromatic heterocycles. The van der Waals surface area contributed by atoms with Gasteiger partial charge in [0.05, 0.1) is 17.6 Å². The number of nitrogens with one attached hydrogen (secondary N) is 1. The fourth-order valence-electron chi connectivity index (χ4n) is 1.07. The van der Waals surface area contributed by atoms with Gasteiger partial charge in [0.25, 0.3) is 0 Å². The Bertz CT molecular complexity index is 386. The fraction of sp³-hybridized carbons (Fsp3) is 0.333. The summed E-state index contributed by atoms with van der Waals surface area (Å²) in [5, 5.41) is 30.5. The Hall–Kier alpha value is -1.73. The van der Waals surface area contributed by atoms with Crippen molar-refractivity contribution in [3.63, 3.8) is 0 Å². The minimum absolute atomic E-state index is 0.0355. The van der Waals surface area contributed by atoms with Crippen LogP contribution in [-0.2, 0) is 0 Å². The molecule has 1 atom stereocenters. The number of anilines is 1. The molecule has 0 saturated carbocycles. The van der Waals surface area contributed by atoms with Crippen LogP contribution in [0.1, 0.15) is 0 Å². The lowest BCUT2D eigenvalue weighted by atomic mass is 10.2. The maximum Gasteiger partial charge on any atom is 0.304 e. The number of halogens is 1. The number of benzene rings is 1. The van der Waals surface area contributed by atoms with Gasteiger partial charge in [0.1, 0.15) is 0 Å². The molecule has 0 bridgehead atoms. The van der Waals surface area contributed by atoms with Crippen LogP contribution in [0.3, 0.4) is 0 Å². The lowest BCUT2D eigenvalue weighted by molar-refractivity contribution is -0.387. The third-order valence-corrected chi connectivity index (χ3v) is 1.90. The van der Waals surface area contributed by atoms with Crippen molar-refractivity contribution < 1.29 is 19.5 Å². The molecule has 6 nitrogen and oxygen atoms in total. The molecule has 16 heavy (non-hydrogen) atoms. The maximum absolute atomic E-state index is 13.1. The second-order valence-electron chi connectivity index (χ2n) is 3.14. The van der Waals surface area contributed by atoms with Crippen LogP contribution in [0.4, 0.5) is 15.8 Å². The molecule has 0 amide bonds. The highest BCUT2D eigenvalue weighted by Crippen LogP contribution is 2.20. The van der Waals surface area contributed by atoms with Crippen LogP contribution in [0.15, 0.2) is 18.2 Å². The van der Waals surface area contributed by atoms with E-state index in [0.29, 0.717) is 5.69 Å². The first-order valence-electron chi connectivity index (χ1n) is 4.51.